The Labute approximate surface area is 87.0 Å². The average Bonchev–Trinajstić information content (AvgIpc) is 2.23. The van der Waals surface area contributed by atoms with Crippen LogP contribution in [0, 0.1) is 5.95 Å². The zero-order valence-corrected chi connectivity index (χ0v) is 8.24. The molecule has 1 heterocycles. The van der Waals surface area contributed by atoms with Crippen LogP contribution in [0.3, 0.4) is 0 Å². The molecule has 0 radical (unpaired) electrons. The molecule has 80 valence electrons. The summed E-state index contributed by atoms with van der Waals surface area (Å²) >= 11 is 0. The van der Waals surface area contributed by atoms with Crippen molar-refractivity contribution >= 4 is 5.78 Å². The number of ketones is 1. The second-order valence-corrected chi connectivity index (χ2v) is 3.89. The van der Waals surface area contributed by atoms with Gasteiger partial charge in [0.1, 0.15) is 5.78 Å². The zero-order valence-electron chi connectivity index (χ0n) is 8.24. The summed E-state index contributed by atoms with van der Waals surface area (Å²) in [6.07, 6.45) is 4.12. The lowest BCUT2D eigenvalue weighted by molar-refractivity contribution is -0.120. The SMILES string of the molecule is O=C1CCC(c2cnc(F)c(O)c2)CC1. The van der Waals surface area contributed by atoms with Crippen LogP contribution in [0.5, 0.6) is 5.75 Å². The average molecular weight is 209 g/mol. The maximum Gasteiger partial charge on any atom is 0.254 e. The maximum atomic E-state index is 12.7. The van der Waals surface area contributed by atoms with E-state index in [4.69, 9.17) is 0 Å². The highest BCUT2D eigenvalue weighted by atomic mass is 19.1. The number of hydrogen-bond donors (Lipinski definition) is 1. The Hall–Kier alpha value is -1.45. The highest BCUT2D eigenvalue weighted by molar-refractivity contribution is 5.79. The van der Waals surface area contributed by atoms with E-state index in [0.717, 1.165) is 18.4 Å². The second kappa shape index (κ2) is 3.96. The van der Waals surface area contributed by atoms with Gasteiger partial charge in [-0.15, -0.1) is 0 Å². The van der Waals surface area contributed by atoms with Crippen molar-refractivity contribution < 1.29 is 14.3 Å². The minimum atomic E-state index is -0.842. The molecule has 0 aromatic carbocycles. The summed E-state index contributed by atoms with van der Waals surface area (Å²) < 4.78 is 12.7. The Kier molecular flexibility index (Phi) is 2.66. The van der Waals surface area contributed by atoms with Gasteiger partial charge in [-0.05, 0) is 30.4 Å². The van der Waals surface area contributed by atoms with Crippen LogP contribution in [0.15, 0.2) is 12.3 Å². The quantitative estimate of drug-likeness (QED) is 0.721. The number of hydrogen-bond acceptors (Lipinski definition) is 3. The minimum Gasteiger partial charge on any atom is -0.504 e. The van der Waals surface area contributed by atoms with Gasteiger partial charge in [-0.2, -0.15) is 4.39 Å². The number of carbonyl (C=O) groups excluding carboxylic acids is 1. The smallest absolute Gasteiger partial charge is 0.254 e. The number of nitrogens with zero attached hydrogens (tertiary/aromatic N) is 1. The largest absolute Gasteiger partial charge is 0.504 e. The van der Waals surface area contributed by atoms with E-state index >= 15 is 0 Å². The molecule has 1 aliphatic carbocycles. The molecule has 0 bridgehead atoms. The van der Waals surface area contributed by atoms with Crippen molar-refractivity contribution in [3.05, 3.63) is 23.8 Å². The molecule has 1 aromatic heterocycles. The van der Waals surface area contributed by atoms with Crippen LogP contribution in [0.25, 0.3) is 0 Å². The summed E-state index contributed by atoms with van der Waals surface area (Å²) in [7, 11) is 0. The molecular weight excluding hydrogens is 197 g/mol. The van der Waals surface area contributed by atoms with Crippen molar-refractivity contribution in [2.75, 3.05) is 0 Å². The molecule has 2 rings (SSSR count). The predicted molar refractivity (Wildman–Crippen MR) is 52.1 cm³/mol. The summed E-state index contributed by atoms with van der Waals surface area (Å²) in [6.45, 7) is 0. The lowest BCUT2D eigenvalue weighted by atomic mass is 9.84. The molecule has 0 saturated heterocycles. The molecule has 0 amide bonds. The Morgan fingerprint density at radius 1 is 1.40 bits per heavy atom. The normalized spacial score (nSPS) is 18.1. The van der Waals surface area contributed by atoms with Gasteiger partial charge in [0.05, 0.1) is 0 Å². The van der Waals surface area contributed by atoms with E-state index in [-0.39, 0.29) is 11.7 Å². The summed E-state index contributed by atoms with van der Waals surface area (Å²) in [4.78, 5) is 14.5. The number of aromatic nitrogens is 1. The molecule has 1 aromatic rings. The third-order valence-corrected chi connectivity index (χ3v) is 2.86. The number of Topliss-reactive ketones (excluding diaryl/α,β-unsaturated/α-hetero) is 1. The molecule has 4 heteroatoms. The van der Waals surface area contributed by atoms with Gasteiger partial charge in [-0.3, -0.25) is 4.79 Å². The van der Waals surface area contributed by atoms with E-state index in [1.165, 1.54) is 12.3 Å². The molecule has 1 saturated carbocycles. The van der Waals surface area contributed by atoms with E-state index in [1.54, 1.807) is 0 Å². The van der Waals surface area contributed by atoms with E-state index in [1.807, 2.05) is 0 Å². The van der Waals surface area contributed by atoms with Gasteiger partial charge < -0.3 is 5.11 Å². The standard InChI is InChI=1S/C11H12FNO2/c12-11-10(15)5-8(6-13-11)7-1-3-9(14)4-2-7/h5-7,15H,1-4H2. The molecule has 1 aliphatic rings. The third kappa shape index (κ3) is 2.14. The van der Waals surface area contributed by atoms with Gasteiger partial charge in [0.25, 0.3) is 5.95 Å². The first-order chi connectivity index (χ1) is 7.16. The van der Waals surface area contributed by atoms with Crippen molar-refractivity contribution in [2.24, 2.45) is 0 Å². The molecule has 0 atom stereocenters. The third-order valence-electron chi connectivity index (χ3n) is 2.86. The molecule has 15 heavy (non-hydrogen) atoms. The fraction of sp³-hybridized carbons (Fsp3) is 0.455. The molecule has 3 nitrogen and oxygen atoms in total. The first-order valence-electron chi connectivity index (χ1n) is 5.03. The first-order valence-corrected chi connectivity index (χ1v) is 5.03. The van der Waals surface area contributed by atoms with E-state index in [2.05, 4.69) is 4.98 Å². The number of aromatic hydroxyl groups is 1. The van der Waals surface area contributed by atoms with E-state index in [9.17, 15) is 14.3 Å². The fourth-order valence-corrected chi connectivity index (χ4v) is 1.95. The number of halogens is 1. The number of rotatable bonds is 1. The highest BCUT2D eigenvalue weighted by Gasteiger charge is 2.21. The van der Waals surface area contributed by atoms with Crippen LogP contribution in [0.1, 0.15) is 37.2 Å². The summed E-state index contributed by atoms with van der Waals surface area (Å²) in [5.74, 6) is -0.748. The topological polar surface area (TPSA) is 50.2 Å². The van der Waals surface area contributed by atoms with Gasteiger partial charge in [-0.25, -0.2) is 4.98 Å². The van der Waals surface area contributed by atoms with E-state index in [0.29, 0.717) is 12.8 Å². The Morgan fingerprint density at radius 3 is 2.67 bits per heavy atom. The summed E-state index contributed by atoms with van der Waals surface area (Å²) in [6, 6.07) is 1.41. The lowest BCUT2D eigenvalue weighted by Gasteiger charge is -2.20. The Bertz CT molecular complexity index is 382. The molecule has 1 N–H and O–H groups in total. The van der Waals surface area contributed by atoms with Crippen LogP contribution in [0.4, 0.5) is 4.39 Å². The zero-order chi connectivity index (χ0) is 10.8. The van der Waals surface area contributed by atoms with Crippen molar-refractivity contribution in [3.8, 4) is 5.75 Å². The lowest BCUT2D eigenvalue weighted by Crippen LogP contribution is -2.12. The van der Waals surface area contributed by atoms with Crippen LogP contribution < -0.4 is 0 Å². The monoisotopic (exact) mass is 209 g/mol. The summed E-state index contributed by atoms with van der Waals surface area (Å²) in [5, 5.41) is 9.18. The van der Waals surface area contributed by atoms with E-state index < -0.39 is 11.7 Å². The van der Waals surface area contributed by atoms with Crippen LogP contribution in [0.2, 0.25) is 0 Å². The molecular formula is C11H12FNO2. The minimum absolute atomic E-state index is 0.224. The van der Waals surface area contributed by atoms with Crippen molar-refractivity contribution in [2.45, 2.75) is 31.6 Å². The molecule has 1 fully saturated rings. The van der Waals surface area contributed by atoms with Crippen molar-refractivity contribution in [1.82, 2.24) is 4.98 Å². The number of pyridine rings is 1. The van der Waals surface area contributed by atoms with Crippen LogP contribution >= 0.6 is 0 Å². The molecule has 0 spiro atoms. The van der Waals surface area contributed by atoms with Gasteiger partial charge >= 0.3 is 0 Å². The van der Waals surface area contributed by atoms with Crippen molar-refractivity contribution in [1.29, 1.82) is 0 Å². The highest BCUT2D eigenvalue weighted by Crippen LogP contribution is 2.32. The maximum absolute atomic E-state index is 12.7. The molecule has 0 aliphatic heterocycles. The summed E-state index contributed by atoms with van der Waals surface area (Å²) in [5.41, 5.74) is 0.821. The number of carbonyl (C=O) groups is 1. The van der Waals surface area contributed by atoms with Gasteiger partial charge in [-0.1, -0.05) is 0 Å². The first kappa shape index (κ1) is 10.1. The molecule has 0 unspecified atom stereocenters. The Balaban J connectivity index is 2.16. The van der Waals surface area contributed by atoms with Gasteiger partial charge in [0.15, 0.2) is 5.75 Å². The Morgan fingerprint density at radius 2 is 2.07 bits per heavy atom. The fourth-order valence-electron chi connectivity index (χ4n) is 1.95. The van der Waals surface area contributed by atoms with Crippen molar-refractivity contribution in [3.63, 3.8) is 0 Å². The van der Waals surface area contributed by atoms with Gasteiger partial charge in [0.2, 0.25) is 0 Å². The second-order valence-electron chi connectivity index (χ2n) is 3.89. The van der Waals surface area contributed by atoms with Crippen LogP contribution in [-0.2, 0) is 4.79 Å². The van der Waals surface area contributed by atoms with Gasteiger partial charge in [0, 0.05) is 19.0 Å². The van der Waals surface area contributed by atoms with Crippen LogP contribution in [-0.4, -0.2) is 15.9 Å². The predicted octanol–water partition coefficient (Wildman–Crippen LogP) is 2.15.